The Hall–Kier alpha value is -2.28. The number of thiazole rings is 1. The van der Waals surface area contributed by atoms with Crippen LogP contribution in [0.2, 0.25) is 0 Å². The minimum Gasteiger partial charge on any atom is -0.366 e. The molecule has 0 aliphatic carbocycles. The van der Waals surface area contributed by atoms with Crippen LogP contribution in [0.5, 0.6) is 0 Å². The standard InChI is InChI=1S/C12H11N5OS/c13-11(18)7-3-8-6-15-9(17-12(8)16-5-7)4-10-14-1-2-19-10/h1-2,5-6H,3-4H2,(H2,13,18)(H,15,16,17). The Kier molecular flexibility index (Phi) is 2.96. The molecule has 2 aromatic heterocycles. The molecule has 1 aliphatic rings. The molecule has 7 heteroatoms. The first-order valence-corrected chi connectivity index (χ1v) is 6.59. The van der Waals surface area contributed by atoms with Crippen LogP contribution < -0.4 is 11.1 Å². The normalized spacial score (nSPS) is 13.4. The quantitative estimate of drug-likeness (QED) is 0.865. The van der Waals surface area contributed by atoms with Gasteiger partial charge in [0, 0.05) is 41.5 Å². The van der Waals surface area contributed by atoms with Crippen molar-refractivity contribution >= 4 is 23.1 Å². The number of carbonyl (C=O) groups is 1. The number of amides is 1. The van der Waals surface area contributed by atoms with Crippen molar-refractivity contribution in [3.05, 3.63) is 45.9 Å². The van der Waals surface area contributed by atoms with E-state index in [9.17, 15) is 4.79 Å². The molecule has 0 saturated carbocycles. The Labute approximate surface area is 113 Å². The molecule has 0 spiro atoms. The fourth-order valence-electron chi connectivity index (χ4n) is 1.83. The molecule has 0 fully saturated rings. The van der Waals surface area contributed by atoms with Crippen LogP contribution in [-0.4, -0.2) is 20.9 Å². The number of hydrogen-bond acceptors (Lipinski definition) is 6. The second-order valence-corrected chi connectivity index (χ2v) is 5.10. The smallest absolute Gasteiger partial charge is 0.246 e. The molecule has 19 heavy (non-hydrogen) atoms. The number of nitrogens with two attached hydrogens (primary N) is 1. The first-order chi connectivity index (χ1) is 9.22. The molecule has 0 aromatic carbocycles. The Bertz CT molecular complexity index is 650. The third-order valence-electron chi connectivity index (χ3n) is 2.79. The summed E-state index contributed by atoms with van der Waals surface area (Å²) in [6, 6.07) is 0. The lowest BCUT2D eigenvalue weighted by Gasteiger charge is -2.15. The molecule has 0 unspecified atom stereocenters. The minimum absolute atomic E-state index is 0.426. The summed E-state index contributed by atoms with van der Waals surface area (Å²) in [7, 11) is 0. The van der Waals surface area contributed by atoms with E-state index in [1.165, 1.54) is 0 Å². The molecule has 2 aromatic rings. The first-order valence-electron chi connectivity index (χ1n) is 5.71. The van der Waals surface area contributed by atoms with E-state index < -0.39 is 5.91 Å². The number of rotatable bonds is 3. The van der Waals surface area contributed by atoms with Crippen molar-refractivity contribution in [1.82, 2.24) is 15.0 Å². The number of fused-ring (bicyclic) bond motifs is 1. The maximum Gasteiger partial charge on any atom is 0.246 e. The number of aromatic nitrogens is 3. The van der Waals surface area contributed by atoms with Crippen LogP contribution in [-0.2, 0) is 17.6 Å². The zero-order chi connectivity index (χ0) is 13.2. The number of carbonyl (C=O) groups excluding carboxylic acids is 1. The van der Waals surface area contributed by atoms with E-state index >= 15 is 0 Å². The maximum atomic E-state index is 11.1. The van der Waals surface area contributed by atoms with E-state index in [2.05, 4.69) is 20.3 Å². The van der Waals surface area contributed by atoms with E-state index in [0.717, 1.165) is 16.4 Å². The lowest BCUT2D eigenvalue weighted by Crippen LogP contribution is -2.20. The van der Waals surface area contributed by atoms with Crippen molar-refractivity contribution in [2.24, 2.45) is 5.73 Å². The van der Waals surface area contributed by atoms with Gasteiger partial charge in [-0.15, -0.1) is 11.3 Å². The van der Waals surface area contributed by atoms with Crippen molar-refractivity contribution in [3.8, 4) is 0 Å². The molecule has 1 amide bonds. The zero-order valence-electron chi connectivity index (χ0n) is 9.96. The number of nitrogens with zero attached hydrogens (tertiary/aromatic N) is 3. The van der Waals surface area contributed by atoms with Crippen molar-refractivity contribution < 1.29 is 4.79 Å². The summed E-state index contributed by atoms with van der Waals surface area (Å²) in [6.45, 7) is 0. The lowest BCUT2D eigenvalue weighted by atomic mass is 10.1. The fourth-order valence-corrected chi connectivity index (χ4v) is 2.44. The molecule has 3 N–H and O–H groups in total. The van der Waals surface area contributed by atoms with Crippen LogP contribution in [0.25, 0.3) is 0 Å². The Morgan fingerprint density at radius 1 is 1.47 bits per heavy atom. The number of primary amides is 1. The molecule has 0 atom stereocenters. The average Bonchev–Trinajstić information content (AvgIpc) is 2.91. The highest BCUT2D eigenvalue weighted by Gasteiger charge is 2.16. The Balaban J connectivity index is 1.82. The van der Waals surface area contributed by atoms with Crippen molar-refractivity contribution in [3.63, 3.8) is 0 Å². The Morgan fingerprint density at radius 3 is 3.11 bits per heavy atom. The van der Waals surface area contributed by atoms with Gasteiger partial charge in [0.15, 0.2) is 0 Å². The highest BCUT2D eigenvalue weighted by atomic mass is 32.1. The molecular weight excluding hydrogens is 262 g/mol. The zero-order valence-corrected chi connectivity index (χ0v) is 10.8. The molecule has 0 radical (unpaired) electrons. The summed E-state index contributed by atoms with van der Waals surface area (Å²) in [5, 5.41) is 5.88. The van der Waals surface area contributed by atoms with Crippen LogP contribution in [0.3, 0.4) is 0 Å². The van der Waals surface area contributed by atoms with E-state index in [-0.39, 0.29) is 0 Å². The van der Waals surface area contributed by atoms with Crippen LogP contribution in [0.4, 0.5) is 5.82 Å². The molecule has 0 bridgehead atoms. The molecule has 1 aliphatic heterocycles. The molecule has 3 heterocycles. The van der Waals surface area contributed by atoms with E-state index in [1.807, 2.05) is 5.38 Å². The van der Waals surface area contributed by atoms with Crippen LogP contribution in [0.15, 0.2) is 29.5 Å². The van der Waals surface area contributed by atoms with Gasteiger partial charge < -0.3 is 11.1 Å². The second-order valence-electron chi connectivity index (χ2n) is 4.12. The van der Waals surface area contributed by atoms with Crippen molar-refractivity contribution in [1.29, 1.82) is 0 Å². The second kappa shape index (κ2) is 4.77. The monoisotopic (exact) mass is 273 g/mol. The predicted octanol–water partition coefficient (Wildman–Crippen LogP) is 0.861. The van der Waals surface area contributed by atoms with Gasteiger partial charge in [0.2, 0.25) is 5.91 Å². The van der Waals surface area contributed by atoms with Crippen molar-refractivity contribution in [2.45, 2.75) is 12.8 Å². The van der Waals surface area contributed by atoms with Gasteiger partial charge in [-0.3, -0.25) is 4.79 Å². The van der Waals surface area contributed by atoms with E-state index in [1.54, 1.807) is 29.9 Å². The number of hydrogen-bond donors (Lipinski definition) is 2. The molecular formula is C12H11N5OS. The van der Waals surface area contributed by atoms with E-state index in [4.69, 9.17) is 5.73 Å². The summed E-state index contributed by atoms with van der Waals surface area (Å²) in [6.07, 6.45) is 6.17. The third kappa shape index (κ3) is 2.45. The van der Waals surface area contributed by atoms with Gasteiger partial charge in [-0.25, -0.2) is 15.0 Å². The SMILES string of the molecule is NC(=O)C1=CNc2nc(Cc3nccs3)ncc2C1. The maximum absolute atomic E-state index is 11.1. The van der Waals surface area contributed by atoms with Crippen molar-refractivity contribution in [2.75, 3.05) is 5.32 Å². The van der Waals surface area contributed by atoms with Gasteiger partial charge in [0.1, 0.15) is 16.6 Å². The number of anilines is 1. The molecule has 6 nitrogen and oxygen atoms in total. The highest BCUT2D eigenvalue weighted by Crippen LogP contribution is 2.21. The highest BCUT2D eigenvalue weighted by molar-refractivity contribution is 7.09. The van der Waals surface area contributed by atoms with Gasteiger partial charge in [-0.1, -0.05) is 0 Å². The van der Waals surface area contributed by atoms with Crippen LogP contribution in [0, 0.1) is 0 Å². The molecule has 96 valence electrons. The van der Waals surface area contributed by atoms with Gasteiger partial charge in [-0.2, -0.15) is 0 Å². The summed E-state index contributed by atoms with van der Waals surface area (Å²) >= 11 is 1.57. The molecule has 3 rings (SSSR count). The predicted molar refractivity (Wildman–Crippen MR) is 71.6 cm³/mol. The topological polar surface area (TPSA) is 93.8 Å². The summed E-state index contributed by atoms with van der Waals surface area (Å²) in [4.78, 5) is 24.0. The third-order valence-corrected chi connectivity index (χ3v) is 3.57. The van der Waals surface area contributed by atoms with Crippen LogP contribution >= 0.6 is 11.3 Å². The van der Waals surface area contributed by atoms with E-state index in [0.29, 0.717) is 24.2 Å². The number of nitrogens with one attached hydrogen (secondary N) is 1. The average molecular weight is 273 g/mol. The summed E-state index contributed by atoms with van der Waals surface area (Å²) < 4.78 is 0. The largest absolute Gasteiger partial charge is 0.366 e. The summed E-state index contributed by atoms with van der Waals surface area (Å²) in [5.41, 5.74) is 6.66. The van der Waals surface area contributed by atoms with Crippen LogP contribution in [0.1, 0.15) is 16.4 Å². The summed E-state index contributed by atoms with van der Waals surface area (Å²) in [5.74, 6) is 1.01. The van der Waals surface area contributed by atoms with Gasteiger partial charge >= 0.3 is 0 Å². The fraction of sp³-hybridized carbons (Fsp3) is 0.167. The van der Waals surface area contributed by atoms with Gasteiger partial charge in [-0.05, 0) is 0 Å². The Morgan fingerprint density at radius 2 is 2.37 bits per heavy atom. The first kappa shape index (κ1) is 11.8. The minimum atomic E-state index is -0.426. The van der Waals surface area contributed by atoms with Gasteiger partial charge in [0.25, 0.3) is 0 Å². The molecule has 0 saturated heterocycles. The van der Waals surface area contributed by atoms with Gasteiger partial charge in [0.05, 0.1) is 6.42 Å². The lowest BCUT2D eigenvalue weighted by molar-refractivity contribution is -0.114.